The third-order valence-corrected chi connectivity index (χ3v) is 2.03. The van der Waals surface area contributed by atoms with Crippen LogP contribution in [0.2, 0.25) is 0 Å². The molecule has 1 atom stereocenters. The molecular formula is C5H10NO6P. The van der Waals surface area contributed by atoms with Crippen molar-refractivity contribution in [3.8, 4) is 0 Å². The monoisotopic (exact) mass is 211 g/mol. The molecule has 0 rings (SSSR count). The van der Waals surface area contributed by atoms with Crippen molar-refractivity contribution in [3.63, 3.8) is 0 Å². The first-order valence-corrected chi connectivity index (χ1v) is 4.91. The molecule has 7 nitrogen and oxygen atoms in total. The van der Waals surface area contributed by atoms with Gasteiger partial charge in [-0.2, -0.15) is 0 Å². The van der Waals surface area contributed by atoms with Crippen molar-refractivity contribution in [1.82, 2.24) is 5.09 Å². The molecule has 1 unspecified atom stereocenters. The second-order valence-electron chi connectivity index (χ2n) is 2.16. The van der Waals surface area contributed by atoms with Gasteiger partial charge in [-0.3, -0.25) is 9.59 Å². The van der Waals surface area contributed by atoms with Crippen LogP contribution in [0.1, 0.15) is 13.3 Å². The van der Waals surface area contributed by atoms with E-state index in [-0.39, 0.29) is 13.0 Å². The maximum Gasteiger partial charge on any atom is 0.458 e. The highest BCUT2D eigenvalue weighted by molar-refractivity contribution is 7.51. The Kier molecular flexibility index (Phi) is 4.61. The van der Waals surface area contributed by atoms with Gasteiger partial charge in [0.05, 0.1) is 6.42 Å². The number of hydrogen-bond acceptors (Lipinski definition) is 4. The molecule has 0 heterocycles. The molecule has 76 valence electrons. The summed E-state index contributed by atoms with van der Waals surface area (Å²) in [6.07, 6.45) is -0.328. The topological polar surface area (TPSA) is 113 Å². The van der Waals surface area contributed by atoms with E-state index in [2.05, 4.69) is 4.52 Å². The summed E-state index contributed by atoms with van der Waals surface area (Å²) in [5.41, 5.74) is 0. The molecule has 0 aliphatic heterocycles. The highest BCUT2D eigenvalue weighted by atomic mass is 31.2. The minimum atomic E-state index is -4.17. The summed E-state index contributed by atoms with van der Waals surface area (Å²) in [5.74, 6) is -2.02. The third-order valence-electron chi connectivity index (χ3n) is 0.903. The van der Waals surface area contributed by atoms with Crippen LogP contribution in [0.25, 0.3) is 0 Å². The van der Waals surface area contributed by atoms with Crippen molar-refractivity contribution in [2.45, 2.75) is 13.3 Å². The molecule has 0 saturated carbocycles. The van der Waals surface area contributed by atoms with Gasteiger partial charge in [-0.1, -0.05) is 0 Å². The summed E-state index contributed by atoms with van der Waals surface area (Å²) < 4.78 is 14.8. The second-order valence-corrected chi connectivity index (χ2v) is 3.69. The third kappa shape index (κ3) is 7.45. The average Bonchev–Trinajstić information content (AvgIpc) is 1.81. The number of carboxylic acids is 1. The highest BCUT2D eigenvalue weighted by Gasteiger charge is 2.21. The van der Waals surface area contributed by atoms with Crippen LogP contribution in [0, 0.1) is 0 Å². The summed E-state index contributed by atoms with van der Waals surface area (Å²) >= 11 is 0. The van der Waals surface area contributed by atoms with Crippen LogP contribution in [0.15, 0.2) is 0 Å². The Morgan fingerprint density at radius 2 is 2.08 bits per heavy atom. The standard InChI is InChI=1S/C5H10NO6P/c1-4(7)12-13(10,11)6-3-2-5(8)9/h2-3H2,1H3,(H,8,9)(H2,6,10,11). The first kappa shape index (κ1) is 12.1. The molecule has 0 amide bonds. The van der Waals surface area contributed by atoms with Crippen LogP contribution in [0.5, 0.6) is 0 Å². The minimum absolute atomic E-state index is 0.240. The van der Waals surface area contributed by atoms with Crippen LogP contribution < -0.4 is 5.09 Å². The molecule has 0 aromatic rings. The van der Waals surface area contributed by atoms with Gasteiger partial charge in [0.15, 0.2) is 0 Å². The molecule has 0 aliphatic rings. The Morgan fingerprint density at radius 3 is 2.46 bits per heavy atom. The van der Waals surface area contributed by atoms with E-state index in [4.69, 9.17) is 10.00 Å². The lowest BCUT2D eigenvalue weighted by atomic mass is 10.5. The molecule has 8 heteroatoms. The van der Waals surface area contributed by atoms with Crippen molar-refractivity contribution in [1.29, 1.82) is 0 Å². The first-order valence-electron chi connectivity index (χ1n) is 3.33. The molecule has 0 fully saturated rings. The molecule has 0 bridgehead atoms. The summed E-state index contributed by atoms with van der Waals surface area (Å²) in [6, 6.07) is 0. The molecule has 3 N–H and O–H groups in total. The minimum Gasteiger partial charge on any atom is -0.481 e. The number of rotatable bonds is 5. The largest absolute Gasteiger partial charge is 0.481 e. The van der Waals surface area contributed by atoms with E-state index in [1.54, 1.807) is 0 Å². The predicted molar refractivity (Wildman–Crippen MR) is 41.8 cm³/mol. The normalized spacial score (nSPS) is 14.6. The fourth-order valence-corrected chi connectivity index (χ4v) is 1.32. The predicted octanol–water partition coefficient (Wildman–Crippen LogP) is -0.286. The summed E-state index contributed by atoms with van der Waals surface area (Å²) in [4.78, 5) is 29.0. The van der Waals surface area contributed by atoms with Gasteiger partial charge in [0.2, 0.25) is 0 Å². The molecular weight excluding hydrogens is 201 g/mol. The Bertz CT molecular complexity index is 251. The van der Waals surface area contributed by atoms with Crippen molar-refractivity contribution in [2.24, 2.45) is 0 Å². The lowest BCUT2D eigenvalue weighted by molar-refractivity contribution is -0.136. The molecule has 0 saturated heterocycles. The Morgan fingerprint density at radius 1 is 1.54 bits per heavy atom. The lowest BCUT2D eigenvalue weighted by Crippen LogP contribution is -2.17. The summed E-state index contributed by atoms with van der Waals surface area (Å²) in [6.45, 7) is 0.734. The number of aliphatic carboxylic acids is 1. The van der Waals surface area contributed by atoms with Gasteiger partial charge >= 0.3 is 19.7 Å². The Labute approximate surface area is 74.3 Å². The quantitative estimate of drug-likeness (QED) is 0.535. The Balaban J connectivity index is 3.82. The van der Waals surface area contributed by atoms with Crippen LogP contribution in [0.4, 0.5) is 0 Å². The van der Waals surface area contributed by atoms with Crippen molar-refractivity contribution in [3.05, 3.63) is 0 Å². The fraction of sp³-hybridized carbons (Fsp3) is 0.600. The van der Waals surface area contributed by atoms with Crippen molar-refractivity contribution < 1.29 is 28.7 Å². The lowest BCUT2D eigenvalue weighted by Gasteiger charge is -2.10. The first-order chi connectivity index (χ1) is 5.83. The molecule has 0 aliphatic carbocycles. The van der Waals surface area contributed by atoms with Crippen LogP contribution >= 0.6 is 7.75 Å². The van der Waals surface area contributed by atoms with E-state index in [0.29, 0.717) is 0 Å². The zero-order chi connectivity index (χ0) is 10.5. The Hall–Kier alpha value is -0.910. The molecule has 0 aromatic heterocycles. The maximum absolute atomic E-state index is 10.8. The van der Waals surface area contributed by atoms with Crippen LogP contribution in [-0.4, -0.2) is 28.5 Å². The molecule has 0 spiro atoms. The summed E-state index contributed by atoms with van der Waals surface area (Å²) in [5, 5.41) is 10.1. The fourth-order valence-electron chi connectivity index (χ4n) is 0.511. The van der Waals surface area contributed by atoms with E-state index in [1.807, 2.05) is 5.09 Å². The van der Waals surface area contributed by atoms with Crippen LogP contribution in [0.3, 0.4) is 0 Å². The van der Waals surface area contributed by atoms with Gasteiger partial charge in [0, 0.05) is 13.5 Å². The number of carbonyl (C=O) groups is 2. The number of carboxylic acid groups (broad SMARTS) is 1. The number of carbonyl (C=O) groups excluding carboxylic acids is 1. The van der Waals surface area contributed by atoms with E-state index >= 15 is 0 Å². The van der Waals surface area contributed by atoms with Gasteiger partial charge in [0.25, 0.3) is 0 Å². The van der Waals surface area contributed by atoms with E-state index in [1.165, 1.54) is 0 Å². The van der Waals surface area contributed by atoms with Crippen LogP contribution in [-0.2, 0) is 18.7 Å². The SMILES string of the molecule is CC(=O)OP(=O)(O)NCCC(=O)O. The van der Waals surface area contributed by atoms with Gasteiger partial charge < -0.3 is 14.5 Å². The van der Waals surface area contributed by atoms with E-state index in [0.717, 1.165) is 6.92 Å². The second kappa shape index (κ2) is 4.96. The van der Waals surface area contributed by atoms with E-state index in [9.17, 15) is 14.2 Å². The van der Waals surface area contributed by atoms with Gasteiger partial charge in [-0.15, -0.1) is 0 Å². The summed E-state index contributed by atoms with van der Waals surface area (Å²) in [7, 11) is -4.17. The highest BCUT2D eigenvalue weighted by Crippen LogP contribution is 2.36. The molecule has 0 aromatic carbocycles. The van der Waals surface area contributed by atoms with Gasteiger partial charge in [-0.25, -0.2) is 9.65 Å². The average molecular weight is 211 g/mol. The molecule has 13 heavy (non-hydrogen) atoms. The zero-order valence-corrected chi connectivity index (χ0v) is 7.78. The van der Waals surface area contributed by atoms with Crippen molar-refractivity contribution in [2.75, 3.05) is 6.54 Å². The van der Waals surface area contributed by atoms with Gasteiger partial charge in [0.1, 0.15) is 0 Å². The van der Waals surface area contributed by atoms with Gasteiger partial charge in [-0.05, 0) is 0 Å². The number of hydrogen-bond donors (Lipinski definition) is 3. The molecule has 0 radical (unpaired) electrons. The number of nitrogens with one attached hydrogen (secondary N) is 1. The van der Waals surface area contributed by atoms with E-state index < -0.39 is 19.7 Å². The smallest absolute Gasteiger partial charge is 0.458 e. The van der Waals surface area contributed by atoms with Crippen molar-refractivity contribution >= 4 is 19.7 Å². The zero-order valence-electron chi connectivity index (χ0n) is 6.89. The maximum atomic E-state index is 10.8.